The molecule has 122 valence electrons. The highest BCUT2D eigenvalue weighted by molar-refractivity contribution is 5.78. The number of benzene rings is 2. The summed E-state index contributed by atoms with van der Waals surface area (Å²) >= 11 is 0. The van der Waals surface area contributed by atoms with Gasteiger partial charge in [0.05, 0.1) is 7.11 Å². The Morgan fingerprint density at radius 2 is 1.74 bits per heavy atom. The summed E-state index contributed by atoms with van der Waals surface area (Å²) in [5.41, 5.74) is 1.79. The molecular weight excluding hydrogens is 294 g/mol. The molecule has 1 amide bonds. The highest BCUT2D eigenvalue weighted by atomic mass is 16.5. The second-order valence-corrected chi connectivity index (χ2v) is 5.49. The predicted octanol–water partition coefficient (Wildman–Crippen LogP) is 2.60. The summed E-state index contributed by atoms with van der Waals surface area (Å²) in [7, 11) is 1.61. The van der Waals surface area contributed by atoms with E-state index in [2.05, 4.69) is 5.32 Å². The van der Waals surface area contributed by atoms with E-state index in [-0.39, 0.29) is 23.3 Å². The topological polar surface area (TPSA) is 78.8 Å². The van der Waals surface area contributed by atoms with Gasteiger partial charge in [-0.25, -0.2) is 0 Å². The average Bonchev–Trinajstić information content (AvgIpc) is 2.56. The van der Waals surface area contributed by atoms with Gasteiger partial charge in [-0.05, 0) is 41.8 Å². The van der Waals surface area contributed by atoms with Crippen LogP contribution in [0, 0.1) is 5.92 Å². The molecule has 2 aromatic carbocycles. The van der Waals surface area contributed by atoms with Gasteiger partial charge in [0, 0.05) is 12.5 Å². The lowest BCUT2D eigenvalue weighted by atomic mass is 10.00. The Hall–Kier alpha value is -2.69. The van der Waals surface area contributed by atoms with Gasteiger partial charge >= 0.3 is 0 Å². The second-order valence-electron chi connectivity index (χ2n) is 5.49. The maximum atomic E-state index is 12.1. The summed E-state index contributed by atoms with van der Waals surface area (Å²) in [6, 6.07) is 12.1. The minimum atomic E-state index is -0.239. The maximum Gasteiger partial charge on any atom is 0.223 e. The number of rotatable bonds is 6. The van der Waals surface area contributed by atoms with Crippen molar-refractivity contribution >= 4 is 5.91 Å². The number of hydrogen-bond donors (Lipinski definition) is 3. The number of amides is 1. The number of phenolic OH excluding ortho intramolecular Hbond substituents is 2. The van der Waals surface area contributed by atoms with Gasteiger partial charge < -0.3 is 20.3 Å². The lowest BCUT2D eigenvalue weighted by molar-refractivity contribution is -0.124. The van der Waals surface area contributed by atoms with Crippen LogP contribution in [0.2, 0.25) is 0 Å². The van der Waals surface area contributed by atoms with Crippen molar-refractivity contribution in [2.75, 3.05) is 7.11 Å². The van der Waals surface area contributed by atoms with Gasteiger partial charge in [-0.1, -0.05) is 25.1 Å². The van der Waals surface area contributed by atoms with Gasteiger partial charge in [0.25, 0.3) is 0 Å². The Balaban J connectivity index is 1.87. The maximum absolute atomic E-state index is 12.1. The molecule has 23 heavy (non-hydrogen) atoms. The third-order valence-electron chi connectivity index (χ3n) is 3.66. The van der Waals surface area contributed by atoms with E-state index >= 15 is 0 Å². The van der Waals surface area contributed by atoms with Crippen molar-refractivity contribution in [2.45, 2.75) is 19.9 Å². The Morgan fingerprint density at radius 1 is 1.09 bits per heavy atom. The Kier molecular flexibility index (Phi) is 5.46. The molecule has 0 saturated carbocycles. The number of carbonyl (C=O) groups is 1. The van der Waals surface area contributed by atoms with E-state index in [0.29, 0.717) is 13.0 Å². The van der Waals surface area contributed by atoms with Crippen molar-refractivity contribution < 1.29 is 19.7 Å². The SMILES string of the molecule is COc1ccc(CNC(=O)C(C)Cc2ccc(O)c(O)c2)cc1. The molecule has 1 atom stereocenters. The zero-order valence-electron chi connectivity index (χ0n) is 13.2. The van der Waals surface area contributed by atoms with E-state index in [1.165, 1.54) is 12.1 Å². The van der Waals surface area contributed by atoms with Gasteiger partial charge in [0.15, 0.2) is 11.5 Å². The fourth-order valence-electron chi connectivity index (χ4n) is 2.25. The fourth-order valence-corrected chi connectivity index (χ4v) is 2.25. The first-order valence-electron chi connectivity index (χ1n) is 7.41. The van der Waals surface area contributed by atoms with Crippen LogP contribution >= 0.6 is 0 Å². The number of phenols is 2. The molecule has 0 aliphatic rings. The first-order chi connectivity index (χ1) is 11.0. The summed E-state index contributed by atoms with van der Waals surface area (Å²) in [5, 5.41) is 21.7. The van der Waals surface area contributed by atoms with Gasteiger partial charge in [-0.2, -0.15) is 0 Å². The molecule has 0 radical (unpaired) electrons. The van der Waals surface area contributed by atoms with Crippen molar-refractivity contribution in [1.82, 2.24) is 5.32 Å². The third kappa shape index (κ3) is 4.64. The smallest absolute Gasteiger partial charge is 0.223 e. The Morgan fingerprint density at radius 3 is 2.35 bits per heavy atom. The van der Waals surface area contributed by atoms with Crippen LogP contribution in [-0.4, -0.2) is 23.2 Å². The highest BCUT2D eigenvalue weighted by Crippen LogP contribution is 2.26. The number of carbonyl (C=O) groups excluding carboxylic acids is 1. The molecule has 3 N–H and O–H groups in total. The van der Waals surface area contributed by atoms with E-state index < -0.39 is 0 Å². The molecule has 5 heteroatoms. The van der Waals surface area contributed by atoms with Crippen molar-refractivity contribution in [3.05, 3.63) is 53.6 Å². The van der Waals surface area contributed by atoms with Gasteiger partial charge in [-0.15, -0.1) is 0 Å². The minimum absolute atomic E-state index is 0.0617. The first kappa shape index (κ1) is 16.7. The van der Waals surface area contributed by atoms with Crippen molar-refractivity contribution in [3.8, 4) is 17.2 Å². The molecular formula is C18H21NO4. The molecule has 0 fully saturated rings. The minimum Gasteiger partial charge on any atom is -0.504 e. The average molecular weight is 315 g/mol. The molecule has 0 aliphatic carbocycles. The van der Waals surface area contributed by atoms with Crippen LogP contribution in [0.3, 0.4) is 0 Å². The summed E-state index contributed by atoms with van der Waals surface area (Å²) in [4.78, 5) is 12.1. The standard InChI is InChI=1S/C18H21NO4/c1-12(9-14-5-8-16(20)17(21)10-14)18(22)19-11-13-3-6-15(23-2)7-4-13/h3-8,10,12,20-21H,9,11H2,1-2H3,(H,19,22). The van der Waals surface area contributed by atoms with Gasteiger partial charge in [-0.3, -0.25) is 4.79 Å². The number of ether oxygens (including phenoxy) is 1. The number of aromatic hydroxyl groups is 2. The summed E-state index contributed by atoms with van der Waals surface area (Å²) in [6.07, 6.45) is 0.488. The van der Waals surface area contributed by atoms with Crippen LogP contribution in [0.15, 0.2) is 42.5 Å². The number of nitrogens with one attached hydrogen (secondary N) is 1. The van der Waals surface area contributed by atoms with Crippen LogP contribution in [0.1, 0.15) is 18.1 Å². The summed E-state index contributed by atoms with van der Waals surface area (Å²) in [6.45, 7) is 2.28. The van der Waals surface area contributed by atoms with E-state index in [1.54, 1.807) is 13.2 Å². The van der Waals surface area contributed by atoms with Crippen molar-refractivity contribution in [1.29, 1.82) is 0 Å². The first-order valence-corrected chi connectivity index (χ1v) is 7.41. The molecule has 1 unspecified atom stereocenters. The Bertz CT molecular complexity index is 667. The van der Waals surface area contributed by atoms with Crippen LogP contribution < -0.4 is 10.1 Å². The molecule has 2 rings (SSSR count). The zero-order chi connectivity index (χ0) is 16.8. The highest BCUT2D eigenvalue weighted by Gasteiger charge is 2.14. The molecule has 0 spiro atoms. The molecule has 0 heterocycles. The Labute approximate surface area is 135 Å². The van der Waals surface area contributed by atoms with E-state index in [9.17, 15) is 15.0 Å². The quantitative estimate of drug-likeness (QED) is 0.716. The van der Waals surface area contributed by atoms with Crippen molar-refractivity contribution in [2.24, 2.45) is 5.92 Å². The number of methoxy groups -OCH3 is 1. The van der Waals surface area contributed by atoms with Crippen LogP contribution in [0.5, 0.6) is 17.2 Å². The monoisotopic (exact) mass is 315 g/mol. The normalized spacial score (nSPS) is 11.7. The lowest BCUT2D eigenvalue weighted by Gasteiger charge is -2.13. The van der Waals surface area contributed by atoms with E-state index in [4.69, 9.17) is 4.74 Å². The van der Waals surface area contributed by atoms with Crippen LogP contribution in [0.4, 0.5) is 0 Å². The third-order valence-corrected chi connectivity index (χ3v) is 3.66. The molecule has 5 nitrogen and oxygen atoms in total. The van der Waals surface area contributed by atoms with Crippen molar-refractivity contribution in [3.63, 3.8) is 0 Å². The fraction of sp³-hybridized carbons (Fsp3) is 0.278. The van der Waals surface area contributed by atoms with Crippen LogP contribution in [-0.2, 0) is 17.8 Å². The predicted molar refractivity (Wildman–Crippen MR) is 87.5 cm³/mol. The zero-order valence-corrected chi connectivity index (χ0v) is 13.2. The van der Waals surface area contributed by atoms with E-state index in [0.717, 1.165) is 16.9 Å². The number of hydrogen-bond acceptors (Lipinski definition) is 4. The summed E-state index contributed by atoms with van der Waals surface area (Å²) < 4.78 is 5.09. The van der Waals surface area contributed by atoms with Crippen LogP contribution in [0.25, 0.3) is 0 Å². The van der Waals surface area contributed by atoms with E-state index in [1.807, 2.05) is 31.2 Å². The van der Waals surface area contributed by atoms with Gasteiger partial charge in [0.2, 0.25) is 5.91 Å². The van der Waals surface area contributed by atoms with Gasteiger partial charge in [0.1, 0.15) is 5.75 Å². The summed E-state index contributed by atoms with van der Waals surface area (Å²) in [5.74, 6) is 0.143. The molecule has 0 aliphatic heterocycles. The lowest BCUT2D eigenvalue weighted by Crippen LogP contribution is -2.29. The molecule has 0 aromatic heterocycles. The second kappa shape index (κ2) is 7.54. The molecule has 0 bridgehead atoms. The molecule has 2 aromatic rings. The molecule has 0 saturated heterocycles. The largest absolute Gasteiger partial charge is 0.504 e.